The molecule has 0 saturated heterocycles. The Morgan fingerprint density at radius 1 is 1.50 bits per heavy atom. The summed E-state index contributed by atoms with van der Waals surface area (Å²) in [6.07, 6.45) is 4.06. The van der Waals surface area contributed by atoms with Crippen LogP contribution in [0.25, 0.3) is 0 Å². The van der Waals surface area contributed by atoms with E-state index in [1.54, 1.807) is 11.3 Å². The van der Waals surface area contributed by atoms with Crippen LogP contribution in [-0.4, -0.2) is 30.4 Å². The molecule has 112 valence electrons. The number of carbonyl (C=O) groups is 1. The summed E-state index contributed by atoms with van der Waals surface area (Å²) >= 11 is 7.81. The maximum absolute atomic E-state index is 12.0. The van der Waals surface area contributed by atoms with Crippen LogP contribution in [0.3, 0.4) is 0 Å². The molecule has 1 aromatic heterocycles. The molecule has 0 spiro atoms. The summed E-state index contributed by atoms with van der Waals surface area (Å²) in [5.74, 6) is 0.238. The summed E-state index contributed by atoms with van der Waals surface area (Å²) in [7, 11) is 0. The van der Waals surface area contributed by atoms with E-state index in [-0.39, 0.29) is 5.91 Å². The molecule has 0 fully saturated rings. The largest absolute Gasteiger partial charge is 0.343 e. The molecule has 1 aromatic rings. The van der Waals surface area contributed by atoms with Gasteiger partial charge < -0.3 is 10.2 Å². The quantitative estimate of drug-likeness (QED) is 0.869. The molecule has 1 aliphatic rings. The van der Waals surface area contributed by atoms with E-state index in [9.17, 15) is 4.79 Å². The van der Waals surface area contributed by atoms with Crippen LogP contribution in [-0.2, 0) is 11.2 Å². The van der Waals surface area contributed by atoms with Crippen LogP contribution in [0.1, 0.15) is 49.6 Å². The second kappa shape index (κ2) is 7.43. The molecule has 20 heavy (non-hydrogen) atoms. The summed E-state index contributed by atoms with van der Waals surface area (Å²) in [5.41, 5.74) is 1.35. The van der Waals surface area contributed by atoms with Gasteiger partial charge in [-0.25, -0.2) is 0 Å². The van der Waals surface area contributed by atoms with Crippen LogP contribution in [0.5, 0.6) is 0 Å². The second-order valence-corrected chi connectivity index (χ2v) is 6.91. The van der Waals surface area contributed by atoms with Crippen molar-refractivity contribution in [2.24, 2.45) is 0 Å². The topological polar surface area (TPSA) is 32.3 Å². The van der Waals surface area contributed by atoms with E-state index in [1.165, 1.54) is 16.9 Å². The summed E-state index contributed by atoms with van der Waals surface area (Å²) in [6.45, 7) is 6.38. The lowest BCUT2D eigenvalue weighted by Gasteiger charge is -2.24. The fraction of sp³-hybridized carbons (Fsp3) is 0.667. The average molecular weight is 315 g/mol. The lowest BCUT2D eigenvalue weighted by atomic mass is 9.94. The van der Waals surface area contributed by atoms with E-state index in [2.05, 4.69) is 11.4 Å². The first-order valence-corrected chi connectivity index (χ1v) is 8.64. The van der Waals surface area contributed by atoms with Gasteiger partial charge >= 0.3 is 0 Å². The van der Waals surface area contributed by atoms with Gasteiger partial charge in [0.05, 0.1) is 4.34 Å². The molecular weight excluding hydrogens is 292 g/mol. The third-order valence-corrected chi connectivity index (χ3v) is 5.27. The van der Waals surface area contributed by atoms with Crippen LogP contribution in [0, 0.1) is 0 Å². The SMILES string of the molecule is CCN(CC)C(=O)CCNC1CCCc2sc(Cl)cc21. The van der Waals surface area contributed by atoms with Gasteiger partial charge in [-0.05, 0) is 44.7 Å². The van der Waals surface area contributed by atoms with Gasteiger partial charge in [-0.1, -0.05) is 11.6 Å². The fourth-order valence-corrected chi connectivity index (χ4v) is 4.20. The predicted molar refractivity (Wildman–Crippen MR) is 85.6 cm³/mol. The molecule has 0 saturated carbocycles. The lowest BCUT2D eigenvalue weighted by Crippen LogP contribution is -2.34. The lowest BCUT2D eigenvalue weighted by molar-refractivity contribution is -0.130. The molecule has 0 radical (unpaired) electrons. The number of fused-ring (bicyclic) bond motifs is 1. The Kier molecular flexibility index (Phi) is 5.87. The normalized spacial score (nSPS) is 17.9. The molecule has 1 unspecified atom stereocenters. The maximum Gasteiger partial charge on any atom is 0.223 e. The highest BCUT2D eigenvalue weighted by Gasteiger charge is 2.22. The van der Waals surface area contributed by atoms with Gasteiger partial charge in [0.25, 0.3) is 0 Å². The Morgan fingerprint density at radius 2 is 2.25 bits per heavy atom. The van der Waals surface area contributed by atoms with Crippen molar-refractivity contribution in [3.05, 3.63) is 20.8 Å². The number of rotatable bonds is 6. The van der Waals surface area contributed by atoms with Crippen molar-refractivity contribution in [1.29, 1.82) is 0 Å². The zero-order chi connectivity index (χ0) is 14.5. The highest BCUT2D eigenvalue weighted by atomic mass is 35.5. The van der Waals surface area contributed by atoms with E-state index in [0.29, 0.717) is 12.5 Å². The van der Waals surface area contributed by atoms with Gasteiger partial charge in [0.1, 0.15) is 0 Å². The number of nitrogens with one attached hydrogen (secondary N) is 1. The Balaban J connectivity index is 1.85. The Hall–Kier alpha value is -0.580. The number of thiophene rings is 1. The van der Waals surface area contributed by atoms with Crippen LogP contribution < -0.4 is 5.32 Å². The van der Waals surface area contributed by atoms with Crippen molar-refractivity contribution in [2.45, 2.75) is 45.6 Å². The number of amides is 1. The fourth-order valence-electron chi connectivity index (χ4n) is 2.82. The molecule has 0 aromatic carbocycles. The zero-order valence-electron chi connectivity index (χ0n) is 12.2. The molecule has 1 aliphatic carbocycles. The van der Waals surface area contributed by atoms with E-state index in [1.807, 2.05) is 18.7 Å². The molecule has 1 heterocycles. The summed E-state index contributed by atoms with van der Waals surface area (Å²) < 4.78 is 0.878. The van der Waals surface area contributed by atoms with E-state index < -0.39 is 0 Å². The van der Waals surface area contributed by atoms with E-state index in [4.69, 9.17) is 11.6 Å². The van der Waals surface area contributed by atoms with Crippen molar-refractivity contribution < 1.29 is 4.79 Å². The number of aryl methyl sites for hydroxylation is 1. The molecule has 0 aliphatic heterocycles. The molecule has 5 heteroatoms. The second-order valence-electron chi connectivity index (χ2n) is 5.14. The average Bonchev–Trinajstić information content (AvgIpc) is 2.81. The van der Waals surface area contributed by atoms with Crippen LogP contribution in [0.15, 0.2) is 6.07 Å². The Morgan fingerprint density at radius 3 is 2.95 bits per heavy atom. The van der Waals surface area contributed by atoms with Gasteiger partial charge in [0, 0.05) is 37.0 Å². The van der Waals surface area contributed by atoms with E-state index in [0.717, 1.165) is 36.8 Å². The van der Waals surface area contributed by atoms with Gasteiger partial charge in [0.15, 0.2) is 0 Å². The molecule has 0 bridgehead atoms. The smallest absolute Gasteiger partial charge is 0.223 e. The summed E-state index contributed by atoms with van der Waals surface area (Å²) in [5, 5.41) is 3.53. The minimum absolute atomic E-state index is 0.238. The molecule has 1 atom stereocenters. The highest BCUT2D eigenvalue weighted by molar-refractivity contribution is 7.16. The predicted octanol–water partition coefficient (Wildman–Crippen LogP) is 3.63. The molecule has 2 rings (SSSR count). The van der Waals surface area contributed by atoms with Crippen LogP contribution in [0.2, 0.25) is 4.34 Å². The van der Waals surface area contributed by atoms with Gasteiger partial charge in [-0.3, -0.25) is 4.79 Å². The van der Waals surface area contributed by atoms with Gasteiger partial charge in [-0.15, -0.1) is 11.3 Å². The van der Waals surface area contributed by atoms with E-state index >= 15 is 0 Å². The first-order chi connectivity index (χ1) is 9.65. The molecular formula is C15H23ClN2OS. The number of carbonyl (C=O) groups excluding carboxylic acids is 1. The number of nitrogens with zero attached hydrogens (tertiary/aromatic N) is 1. The van der Waals surface area contributed by atoms with Crippen molar-refractivity contribution >= 4 is 28.8 Å². The number of halogens is 1. The van der Waals surface area contributed by atoms with Crippen LogP contribution in [0.4, 0.5) is 0 Å². The monoisotopic (exact) mass is 314 g/mol. The number of hydrogen-bond acceptors (Lipinski definition) is 3. The summed E-state index contributed by atoms with van der Waals surface area (Å²) in [6, 6.07) is 2.46. The minimum atomic E-state index is 0.238. The standard InChI is InChI=1S/C15H23ClN2OS/c1-3-18(4-2)15(19)8-9-17-12-6-5-7-13-11(12)10-14(16)20-13/h10,12,17H,3-9H2,1-2H3. The Bertz CT molecular complexity index is 457. The van der Waals surface area contributed by atoms with Gasteiger partial charge in [0.2, 0.25) is 5.91 Å². The zero-order valence-corrected chi connectivity index (χ0v) is 13.8. The maximum atomic E-state index is 12.0. The highest BCUT2D eigenvalue weighted by Crippen LogP contribution is 2.37. The molecule has 1 N–H and O–H groups in total. The van der Waals surface area contributed by atoms with Crippen molar-refractivity contribution in [3.63, 3.8) is 0 Å². The third-order valence-electron chi connectivity index (χ3n) is 3.93. The van der Waals surface area contributed by atoms with Crippen LogP contribution >= 0.6 is 22.9 Å². The molecule has 1 amide bonds. The minimum Gasteiger partial charge on any atom is -0.343 e. The number of hydrogen-bond donors (Lipinski definition) is 1. The Labute approximate surface area is 130 Å². The van der Waals surface area contributed by atoms with Crippen molar-refractivity contribution in [3.8, 4) is 0 Å². The third kappa shape index (κ3) is 3.74. The first-order valence-electron chi connectivity index (χ1n) is 7.45. The van der Waals surface area contributed by atoms with Gasteiger partial charge in [-0.2, -0.15) is 0 Å². The van der Waals surface area contributed by atoms with Crippen molar-refractivity contribution in [2.75, 3.05) is 19.6 Å². The summed E-state index contributed by atoms with van der Waals surface area (Å²) in [4.78, 5) is 15.3. The van der Waals surface area contributed by atoms with Crippen molar-refractivity contribution in [1.82, 2.24) is 10.2 Å². The molecule has 3 nitrogen and oxygen atoms in total. The first kappa shape index (κ1) is 15.8.